The smallest absolute Gasteiger partial charge is 0.0916 e. The number of aryl methyl sites for hydroxylation is 1. The third-order valence-electron chi connectivity index (χ3n) is 3.31. The molecule has 0 radical (unpaired) electrons. The minimum atomic E-state index is 0.687. The second-order valence-electron chi connectivity index (χ2n) is 4.82. The van der Waals surface area contributed by atoms with Gasteiger partial charge in [-0.3, -0.25) is 0 Å². The lowest BCUT2D eigenvalue weighted by molar-refractivity contribution is 1.35. The van der Waals surface area contributed by atoms with Crippen molar-refractivity contribution in [3.8, 4) is 0 Å². The number of para-hydroxylation sites is 1. The Hall–Kier alpha value is -2.06. The van der Waals surface area contributed by atoms with E-state index in [1.54, 1.807) is 0 Å². The number of nitrogens with zero attached hydrogens (tertiary/aromatic N) is 1. The lowest BCUT2D eigenvalue weighted by atomic mass is 10.1. The first-order chi connectivity index (χ1) is 9.70. The van der Waals surface area contributed by atoms with Crippen molar-refractivity contribution in [1.29, 1.82) is 0 Å². The monoisotopic (exact) mass is 282 g/mol. The van der Waals surface area contributed by atoms with Crippen molar-refractivity contribution in [1.82, 2.24) is 4.98 Å². The number of hydrogen-bond acceptors (Lipinski definition) is 2. The molecule has 0 aliphatic rings. The molecule has 0 unspecified atom stereocenters. The van der Waals surface area contributed by atoms with Crippen LogP contribution in [0.4, 0.5) is 5.69 Å². The van der Waals surface area contributed by atoms with Gasteiger partial charge >= 0.3 is 0 Å². The van der Waals surface area contributed by atoms with Crippen LogP contribution in [-0.4, -0.2) is 11.5 Å². The number of nitrogens with one attached hydrogen (secondary N) is 1. The molecule has 0 spiro atoms. The van der Waals surface area contributed by atoms with Gasteiger partial charge in [0.2, 0.25) is 0 Å². The highest BCUT2D eigenvalue weighted by Crippen LogP contribution is 2.34. The fourth-order valence-electron chi connectivity index (χ4n) is 2.45. The summed E-state index contributed by atoms with van der Waals surface area (Å²) in [6.07, 6.45) is 1.85. The number of benzene rings is 2. The summed E-state index contributed by atoms with van der Waals surface area (Å²) >= 11 is 6.36. The molecular weight excluding hydrogens is 268 g/mol. The molecule has 3 rings (SSSR count). The summed E-state index contributed by atoms with van der Waals surface area (Å²) < 4.78 is 0. The van der Waals surface area contributed by atoms with Gasteiger partial charge in [0.15, 0.2) is 0 Å². The first kappa shape index (κ1) is 12.9. The molecule has 0 atom stereocenters. The SMILES string of the molecule is C=CCNc1c2ccccc2nc2c(Cl)cc(C)cc12. The van der Waals surface area contributed by atoms with Crippen molar-refractivity contribution in [2.75, 3.05) is 11.9 Å². The molecule has 0 saturated heterocycles. The topological polar surface area (TPSA) is 24.9 Å². The van der Waals surface area contributed by atoms with Crippen LogP contribution in [-0.2, 0) is 0 Å². The largest absolute Gasteiger partial charge is 0.380 e. The average Bonchev–Trinajstić information content (AvgIpc) is 2.44. The molecule has 0 fully saturated rings. The van der Waals surface area contributed by atoms with E-state index in [1.165, 1.54) is 0 Å². The van der Waals surface area contributed by atoms with Crippen molar-refractivity contribution in [3.63, 3.8) is 0 Å². The normalized spacial score (nSPS) is 10.9. The summed E-state index contributed by atoms with van der Waals surface area (Å²) in [5, 5.41) is 6.26. The fraction of sp³-hybridized carbons (Fsp3) is 0.118. The molecule has 3 heteroatoms. The minimum absolute atomic E-state index is 0.687. The Morgan fingerprint density at radius 2 is 2.05 bits per heavy atom. The Bertz CT molecular complexity index is 809. The summed E-state index contributed by atoms with van der Waals surface area (Å²) in [4.78, 5) is 4.69. The van der Waals surface area contributed by atoms with Gasteiger partial charge in [-0.25, -0.2) is 4.98 Å². The maximum atomic E-state index is 6.36. The Kier molecular flexibility index (Phi) is 3.33. The predicted molar refractivity (Wildman–Crippen MR) is 87.7 cm³/mol. The molecule has 100 valence electrons. The molecule has 3 aromatic rings. The molecular formula is C17H15ClN2. The van der Waals surface area contributed by atoms with E-state index < -0.39 is 0 Å². The summed E-state index contributed by atoms with van der Waals surface area (Å²) in [7, 11) is 0. The number of halogens is 1. The van der Waals surface area contributed by atoms with Gasteiger partial charge in [0.05, 0.1) is 21.7 Å². The van der Waals surface area contributed by atoms with Crippen LogP contribution in [0, 0.1) is 6.92 Å². The predicted octanol–water partition coefficient (Wildman–Crippen LogP) is 4.95. The summed E-state index contributed by atoms with van der Waals surface area (Å²) in [6, 6.07) is 12.1. The highest BCUT2D eigenvalue weighted by molar-refractivity contribution is 6.36. The van der Waals surface area contributed by atoms with E-state index in [4.69, 9.17) is 11.6 Å². The second-order valence-corrected chi connectivity index (χ2v) is 5.22. The van der Waals surface area contributed by atoms with Gasteiger partial charge in [-0.05, 0) is 30.7 Å². The van der Waals surface area contributed by atoms with Crippen LogP contribution in [0.15, 0.2) is 49.1 Å². The van der Waals surface area contributed by atoms with Crippen molar-refractivity contribution < 1.29 is 0 Å². The second kappa shape index (κ2) is 5.14. The number of hydrogen-bond donors (Lipinski definition) is 1. The number of rotatable bonds is 3. The Balaban J connectivity index is 2.44. The summed E-state index contributed by atoms with van der Waals surface area (Å²) in [5.74, 6) is 0. The van der Waals surface area contributed by atoms with Crippen LogP contribution in [0.2, 0.25) is 5.02 Å². The molecule has 1 heterocycles. The molecule has 2 aromatic carbocycles. The molecule has 20 heavy (non-hydrogen) atoms. The van der Waals surface area contributed by atoms with E-state index in [0.29, 0.717) is 11.6 Å². The van der Waals surface area contributed by atoms with Crippen LogP contribution < -0.4 is 5.32 Å². The molecule has 0 saturated carbocycles. The molecule has 0 aliphatic carbocycles. The quantitative estimate of drug-likeness (QED) is 0.543. The highest BCUT2D eigenvalue weighted by Gasteiger charge is 2.11. The number of pyridine rings is 1. The van der Waals surface area contributed by atoms with E-state index in [2.05, 4.69) is 29.0 Å². The zero-order chi connectivity index (χ0) is 14.1. The van der Waals surface area contributed by atoms with Gasteiger partial charge in [-0.15, -0.1) is 6.58 Å². The summed E-state index contributed by atoms with van der Waals surface area (Å²) in [6.45, 7) is 6.51. The number of aromatic nitrogens is 1. The Morgan fingerprint density at radius 1 is 1.25 bits per heavy atom. The maximum absolute atomic E-state index is 6.36. The van der Waals surface area contributed by atoms with Crippen LogP contribution in [0.5, 0.6) is 0 Å². The third kappa shape index (κ3) is 2.12. The maximum Gasteiger partial charge on any atom is 0.0916 e. The van der Waals surface area contributed by atoms with Crippen LogP contribution in [0.3, 0.4) is 0 Å². The zero-order valence-electron chi connectivity index (χ0n) is 11.3. The van der Waals surface area contributed by atoms with Gasteiger partial charge in [0, 0.05) is 17.3 Å². The number of anilines is 1. The lowest BCUT2D eigenvalue weighted by Gasteiger charge is -2.13. The van der Waals surface area contributed by atoms with Crippen molar-refractivity contribution in [2.24, 2.45) is 0 Å². The zero-order valence-corrected chi connectivity index (χ0v) is 12.0. The average molecular weight is 283 g/mol. The lowest BCUT2D eigenvalue weighted by Crippen LogP contribution is -2.01. The van der Waals surface area contributed by atoms with Crippen molar-refractivity contribution >= 4 is 39.1 Å². The van der Waals surface area contributed by atoms with Gasteiger partial charge in [0.25, 0.3) is 0 Å². The summed E-state index contributed by atoms with van der Waals surface area (Å²) in [5.41, 5.74) is 3.97. The van der Waals surface area contributed by atoms with Crippen molar-refractivity contribution in [2.45, 2.75) is 6.92 Å². The van der Waals surface area contributed by atoms with E-state index in [0.717, 1.165) is 33.1 Å². The first-order valence-electron chi connectivity index (χ1n) is 6.54. The standard InChI is InChI=1S/C17H15ClN2/c1-3-8-19-16-12-6-4-5-7-15(12)20-17-13(16)9-11(2)10-14(17)18/h3-7,9-10H,1,8H2,2H3,(H,19,20). The van der Waals surface area contributed by atoms with Gasteiger partial charge < -0.3 is 5.32 Å². The third-order valence-corrected chi connectivity index (χ3v) is 3.59. The van der Waals surface area contributed by atoms with Crippen LogP contribution in [0.1, 0.15) is 5.56 Å². The molecule has 1 aromatic heterocycles. The first-order valence-corrected chi connectivity index (χ1v) is 6.92. The highest BCUT2D eigenvalue weighted by atomic mass is 35.5. The molecule has 2 nitrogen and oxygen atoms in total. The fourth-order valence-corrected chi connectivity index (χ4v) is 2.77. The van der Waals surface area contributed by atoms with Gasteiger partial charge in [0.1, 0.15) is 0 Å². The number of fused-ring (bicyclic) bond motifs is 2. The van der Waals surface area contributed by atoms with Crippen LogP contribution in [0.25, 0.3) is 21.8 Å². The van der Waals surface area contributed by atoms with E-state index in [9.17, 15) is 0 Å². The molecule has 1 N–H and O–H groups in total. The van der Waals surface area contributed by atoms with E-state index >= 15 is 0 Å². The molecule has 0 aliphatic heterocycles. The van der Waals surface area contributed by atoms with Crippen molar-refractivity contribution in [3.05, 3.63) is 59.6 Å². The van der Waals surface area contributed by atoms with E-state index in [-0.39, 0.29) is 0 Å². The van der Waals surface area contributed by atoms with Crippen LogP contribution >= 0.6 is 11.6 Å². The minimum Gasteiger partial charge on any atom is -0.380 e. The van der Waals surface area contributed by atoms with Gasteiger partial charge in [-0.2, -0.15) is 0 Å². The Morgan fingerprint density at radius 3 is 2.85 bits per heavy atom. The Labute approximate surface area is 123 Å². The molecule has 0 bridgehead atoms. The van der Waals surface area contributed by atoms with E-state index in [1.807, 2.05) is 37.3 Å². The molecule has 0 amide bonds. The van der Waals surface area contributed by atoms with Gasteiger partial charge in [-0.1, -0.05) is 35.9 Å².